The van der Waals surface area contributed by atoms with Gasteiger partial charge in [-0.2, -0.15) is 0 Å². The largest absolute Gasteiger partial charge is 0.756 e. The van der Waals surface area contributed by atoms with Crippen molar-refractivity contribution in [3.8, 4) is 0 Å². The molecule has 0 heterocycles. The van der Waals surface area contributed by atoms with Crippen LogP contribution >= 0.6 is 7.82 Å². The lowest BCUT2D eigenvalue weighted by atomic mass is 10.0. The lowest BCUT2D eigenvalue weighted by Gasteiger charge is -2.30. The second-order valence-electron chi connectivity index (χ2n) is 23.3. The Labute approximate surface area is 460 Å². The maximum Gasteiger partial charge on any atom is 0.306 e. The summed E-state index contributed by atoms with van der Waals surface area (Å²) >= 11 is 0. The predicted molar refractivity (Wildman–Crippen MR) is 317 cm³/mol. The number of phosphoric acid groups is 1. The fraction of sp³-hybridized carbons (Fsp3) is 0.906. The number of likely N-dealkylation sites (N-methyl/N-ethyl adjacent to an activating group) is 1. The number of amides is 1. The third-order valence-corrected chi connectivity index (χ3v) is 15.6. The highest BCUT2D eigenvalue weighted by Gasteiger charge is 2.27. The highest BCUT2D eigenvalue weighted by Crippen LogP contribution is 2.38. The molecular weight excluding hydrogens is 940 g/mol. The Kier molecular flexibility index (Phi) is 53.7. The summed E-state index contributed by atoms with van der Waals surface area (Å²) in [4.78, 5) is 40.0. The van der Waals surface area contributed by atoms with Crippen molar-refractivity contribution in [3.63, 3.8) is 0 Å². The molecule has 0 saturated carbocycles. The van der Waals surface area contributed by atoms with E-state index in [9.17, 15) is 19.0 Å². The molecule has 0 aromatic heterocycles. The summed E-state index contributed by atoms with van der Waals surface area (Å²) < 4.78 is 30.4. The Morgan fingerprint density at radius 2 is 0.784 bits per heavy atom. The van der Waals surface area contributed by atoms with Crippen molar-refractivity contribution in [2.45, 2.75) is 335 Å². The molecule has 1 N–H and O–H groups in total. The number of hydrogen-bond acceptors (Lipinski definition) is 7. The van der Waals surface area contributed by atoms with Crippen LogP contribution in [-0.2, 0) is 27.9 Å². The SMILES string of the molecule is CCCCCCCCC/C=C/CCCCCCCC(=O)NC(COP(=O)([O-])OCC[N+](C)(C)C)C(/C=C/CCCCCCCCCCCCC)OC(=O)CCCCCCCCCCCCCCCCCCCCC. The number of ether oxygens (including phenoxy) is 1. The van der Waals surface area contributed by atoms with Crippen LogP contribution < -0.4 is 10.2 Å². The van der Waals surface area contributed by atoms with Crippen LogP contribution in [0.2, 0.25) is 0 Å². The second-order valence-corrected chi connectivity index (χ2v) is 24.7. The predicted octanol–water partition coefficient (Wildman–Crippen LogP) is 19.1. The lowest BCUT2D eigenvalue weighted by molar-refractivity contribution is -0.870. The maximum atomic E-state index is 13.5. The Morgan fingerprint density at radius 3 is 1.15 bits per heavy atom. The molecule has 1 amide bonds. The smallest absolute Gasteiger partial charge is 0.306 e. The van der Waals surface area contributed by atoms with E-state index in [2.05, 4.69) is 38.2 Å². The zero-order valence-electron chi connectivity index (χ0n) is 50.1. The van der Waals surface area contributed by atoms with Gasteiger partial charge < -0.3 is 28.5 Å². The van der Waals surface area contributed by atoms with Crippen LogP contribution in [-0.4, -0.2) is 69.4 Å². The molecule has 0 rings (SSSR count). The van der Waals surface area contributed by atoms with Gasteiger partial charge in [0, 0.05) is 12.8 Å². The van der Waals surface area contributed by atoms with Gasteiger partial charge in [-0.1, -0.05) is 277 Å². The van der Waals surface area contributed by atoms with E-state index in [0.717, 1.165) is 77.0 Å². The summed E-state index contributed by atoms with van der Waals surface area (Å²) in [5.41, 5.74) is 0. The number of unbranched alkanes of at least 4 members (excludes halogenated alkanes) is 41. The van der Waals surface area contributed by atoms with E-state index in [0.29, 0.717) is 17.4 Å². The average molecular weight is 1070 g/mol. The summed E-state index contributed by atoms with van der Waals surface area (Å²) in [6, 6.07) is -0.887. The van der Waals surface area contributed by atoms with Gasteiger partial charge in [0.25, 0.3) is 7.82 Å². The number of nitrogens with zero attached hydrogens (tertiary/aromatic N) is 1. The van der Waals surface area contributed by atoms with E-state index in [1.807, 2.05) is 33.3 Å². The van der Waals surface area contributed by atoms with E-state index in [1.54, 1.807) is 0 Å². The quantitative estimate of drug-likeness (QED) is 0.0212. The second kappa shape index (κ2) is 54.8. The van der Waals surface area contributed by atoms with Crippen molar-refractivity contribution in [2.75, 3.05) is 40.9 Å². The molecule has 0 bridgehead atoms. The highest BCUT2D eigenvalue weighted by atomic mass is 31.2. The zero-order chi connectivity index (χ0) is 54.3. The third kappa shape index (κ3) is 55.3. The number of carbonyl (C=O) groups is 2. The van der Waals surface area contributed by atoms with E-state index in [-0.39, 0.29) is 31.5 Å². The Morgan fingerprint density at radius 1 is 0.459 bits per heavy atom. The van der Waals surface area contributed by atoms with Gasteiger partial charge in [0.15, 0.2) is 0 Å². The van der Waals surface area contributed by atoms with Crippen LogP contribution in [0.5, 0.6) is 0 Å². The molecule has 0 aromatic carbocycles. The molecule has 0 saturated heterocycles. The minimum atomic E-state index is -4.70. The minimum Gasteiger partial charge on any atom is -0.756 e. The van der Waals surface area contributed by atoms with E-state index in [4.69, 9.17) is 13.8 Å². The average Bonchev–Trinajstić information content (AvgIpc) is 3.36. The Hall–Kier alpha value is -1.51. The maximum absolute atomic E-state index is 13.5. The first kappa shape index (κ1) is 72.5. The van der Waals surface area contributed by atoms with Crippen molar-refractivity contribution in [1.82, 2.24) is 5.32 Å². The first-order chi connectivity index (χ1) is 35.9. The van der Waals surface area contributed by atoms with Gasteiger partial charge in [0.2, 0.25) is 5.91 Å². The Balaban J connectivity index is 5.23. The van der Waals surface area contributed by atoms with Gasteiger partial charge >= 0.3 is 5.97 Å². The van der Waals surface area contributed by atoms with Gasteiger partial charge in [0.1, 0.15) is 19.3 Å². The van der Waals surface area contributed by atoms with Crippen LogP contribution in [0, 0.1) is 0 Å². The van der Waals surface area contributed by atoms with Crippen molar-refractivity contribution in [2.24, 2.45) is 0 Å². The van der Waals surface area contributed by atoms with Crippen LogP contribution in [0.25, 0.3) is 0 Å². The number of quaternary nitrogens is 1. The fourth-order valence-corrected chi connectivity index (χ4v) is 10.4. The third-order valence-electron chi connectivity index (χ3n) is 14.6. The lowest BCUT2D eigenvalue weighted by Crippen LogP contribution is -2.47. The standard InChI is InChI=1S/C64H125N2O7P/c1-7-10-13-16-19-22-25-28-30-32-33-34-36-39-42-45-48-51-54-57-64(68)73-62(55-52-49-46-43-40-37-27-24-21-18-15-12-9-3)61(60-72-74(69,70)71-59-58-66(4,5)6)65-63(67)56-53-50-47-44-41-38-35-31-29-26-23-20-17-14-11-8-2/h31,35,52,55,61-62H,7-30,32-34,36-51,53-54,56-60H2,1-6H3,(H-,65,67,69,70)/b35-31+,55-52+. The van der Waals surface area contributed by atoms with Gasteiger partial charge in [-0.25, -0.2) is 0 Å². The molecule has 0 spiro atoms. The van der Waals surface area contributed by atoms with E-state index >= 15 is 0 Å². The molecule has 0 aromatic rings. The van der Waals surface area contributed by atoms with Crippen molar-refractivity contribution in [3.05, 3.63) is 24.3 Å². The molecule has 74 heavy (non-hydrogen) atoms. The normalized spacial score (nSPS) is 13.8. The summed E-state index contributed by atoms with van der Waals surface area (Å²) in [6.45, 7) is 6.88. The summed E-state index contributed by atoms with van der Waals surface area (Å²) in [7, 11) is 1.20. The molecule has 0 aliphatic rings. The summed E-state index contributed by atoms with van der Waals surface area (Å²) in [6.07, 6.45) is 64.2. The minimum absolute atomic E-state index is 0.0203. The highest BCUT2D eigenvalue weighted by molar-refractivity contribution is 7.45. The molecule has 9 nitrogen and oxygen atoms in total. The van der Waals surface area contributed by atoms with Crippen LogP contribution in [0.3, 0.4) is 0 Å². The van der Waals surface area contributed by atoms with Crippen molar-refractivity contribution in [1.29, 1.82) is 0 Å². The molecule has 3 unspecified atom stereocenters. The van der Waals surface area contributed by atoms with Crippen LogP contribution in [0.4, 0.5) is 0 Å². The number of carbonyl (C=O) groups excluding carboxylic acids is 2. The van der Waals surface area contributed by atoms with Gasteiger partial charge in [0.05, 0.1) is 33.8 Å². The molecule has 0 aliphatic heterocycles. The van der Waals surface area contributed by atoms with Gasteiger partial charge in [-0.05, 0) is 57.4 Å². The first-order valence-electron chi connectivity index (χ1n) is 32.1. The number of allylic oxidation sites excluding steroid dienone is 3. The molecule has 0 aliphatic carbocycles. The number of esters is 1. The fourth-order valence-electron chi connectivity index (χ4n) is 9.64. The summed E-state index contributed by atoms with van der Waals surface area (Å²) in [5, 5.41) is 3.03. The zero-order valence-corrected chi connectivity index (χ0v) is 51.0. The van der Waals surface area contributed by atoms with Crippen LogP contribution in [0.1, 0.15) is 323 Å². The summed E-state index contributed by atoms with van der Waals surface area (Å²) in [5.74, 6) is -0.532. The van der Waals surface area contributed by atoms with E-state index in [1.165, 1.54) is 212 Å². The molecule has 438 valence electrons. The van der Waals surface area contributed by atoms with Crippen LogP contribution in [0.15, 0.2) is 24.3 Å². The molecule has 0 fully saturated rings. The number of phosphoric ester groups is 1. The number of rotatable bonds is 59. The first-order valence-corrected chi connectivity index (χ1v) is 33.6. The van der Waals surface area contributed by atoms with Gasteiger partial charge in [-0.3, -0.25) is 14.2 Å². The number of hydrogen-bond donors (Lipinski definition) is 1. The van der Waals surface area contributed by atoms with Crippen molar-refractivity contribution < 1.29 is 37.3 Å². The van der Waals surface area contributed by atoms with Gasteiger partial charge in [-0.15, -0.1) is 0 Å². The topological polar surface area (TPSA) is 114 Å². The monoisotopic (exact) mass is 1060 g/mol. The molecular formula is C64H125N2O7P. The molecule has 3 atom stereocenters. The van der Waals surface area contributed by atoms with E-state index < -0.39 is 20.0 Å². The Bertz CT molecular complexity index is 1320. The molecule has 10 heteroatoms. The molecule has 0 radical (unpaired) electrons. The number of nitrogens with one attached hydrogen (secondary N) is 1. The van der Waals surface area contributed by atoms with Crippen molar-refractivity contribution >= 4 is 19.7 Å².